The number of ether oxygens (including phenoxy) is 1. The smallest absolute Gasteiger partial charge is 0.321 e. The van der Waals surface area contributed by atoms with Crippen molar-refractivity contribution < 1.29 is 13.9 Å². The van der Waals surface area contributed by atoms with Crippen LogP contribution in [0.15, 0.2) is 29.8 Å². The van der Waals surface area contributed by atoms with Crippen molar-refractivity contribution in [3.8, 4) is 0 Å². The fourth-order valence-corrected chi connectivity index (χ4v) is 2.98. The van der Waals surface area contributed by atoms with Crippen LogP contribution < -0.4 is 10.6 Å². The number of carbonyl (C=O) groups excluding carboxylic acids is 1. The van der Waals surface area contributed by atoms with Gasteiger partial charge >= 0.3 is 6.03 Å². The van der Waals surface area contributed by atoms with E-state index in [1.807, 2.05) is 0 Å². The third-order valence-corrected chi connectivity index (χ3v) is 4.33. The molecular formula is C14H13ClFN3O2S. The van der Waals surface area contributed by atoms with Crippen molar-refractivity contribution in [3.63, 3.8) is 0 Å². The molecule has 1 aromatic carbocycles. The fraction of sp³-hybridized carbons (Fsp3) is 0.286. The van der Waals surface area contributed by atoms with Crippen LogP contribution in [0.3, 0.4) is 0 Å². The zero-order valence-corrected chi connectivity index (χ0v) is 13.0. The normalized spacial score (nSPS) is 20.8. The fourth-order valence-electron chi connectivity index (χ4n) is 2.34. The number of carbonyl (C=O) groups is 1. The Bertz CT molecular complexity index is 668. The minimum atomic E-state index is -0.499. The second-order valence-corrected chi connectivity index (χ2v) is 6.10. The lowest BCUT2D eigenvalue weighted by Crippen LogP contribution is -2.39. The van der Waals surface area contributed by atoms with Gasteiger partial charge in [0.25, 0.3) is 0 Å². The Morgan fingerprint density at radius 3 is 3.09 bits per heavy atom. The number of nitrogens with one attached hydrogen (secondary N) is 2. The van der Waals surface area contributed by atoms with E-state index in [2.05, 4.69) is 15.6 Å². The monoisotopic (exact) mass is 341 g/mol. The molecule has 0 radical (unpaired) electrons. The molecule has 2 aromatic rings. The number of benzene rings is 1. The molecule has 2 heterocycles. The van der Waals surface area contributed by atoms with Crippen LogP contribution in [-0.2, 0) is 4.74 Å². The van der Waals surface area contributed by atoms with Crippen molar-refractivity contribution in [1.29, 1.82) is 0 Å². The number of rotatable bonds is 3. The highest BCUT2D eigenvalue weighted by atomic mass is 35.5. The van der Waals surface area contributed by atoms with Gasteiger partial charge in [-0.1, -0.05) is 17.7 Å². The first-order chi connectivity index (χ1) is 10.6. The summed E-state index contributed by atoms with van der Waals surface area (Å²) in [5.41, 5.74) is 0.652. The van der Waals surface area contributed by atoms with Gasteiger partial charge in [-0.05, 0) is 24.1 Å². The van der Waals surface area contributed by atoms with Gasteiger partial charge < -0.3 is 10.1 Å². The van der Waals surface area contributed by atoms with Gasteiger partial charge in [-0.15, -0.1) is 11.3 Å². The lowest BCUT2D eigenvalue weighted by molar-refractivity contribution is 0.100. The Hall–Kier alpha value is -1.70. The molecule has 2 amide bonds. The number of halogens is 2. The first-order valence-electron chi connectivity index (χ1n) is 6.67. The van der Waals surface area contributed by atoms with Crippen molar-refractivity contribution in [2.75, 3.05) is 11.9 Å². The van der Waals surface area contributed by atoms with E-state index in [9.17, 15) is 9.18 Å². The molecule has 0 aliphatic carbocycles. The number of hydrogen-bond donors (Lipinski definition) is 2. The number of urea groups is 1. The molecule has 8 heteroatoms. The number of anilines is 1. The predicted octanol–water partition coefficient (Wildman–Crippen LogP) is 3.59. The zero-order valence-electron chi connectivity index (χ0n) is 11.4. The van der Waals surface area contributed by atoms with E-state index < -0.39 is 11.9 Å². The van der Waals surface area contributed by atoms with Crippen LogP contribution in [0, 0.1) is 5.82 Å². The van der Waals surface area contributed by atoms with Crippen LogP contribution in [0.2, 0.25) is 5.02 Å². The Morgan fingerprint density at radius 1 is 1.50 bits per heavy atom. The first kappa shape index (κ1) is 15.2. The Morgan fingerprint density at radius 2 is 2.36 bits per heavy atom. The quantitative estimate of drug-likeness (QED) is 0.896. The van der Waals surface area contributed by atoms with Gasteiger partial charge in [-0.25, -0.2) is 14.2 Å². The summed E-state index contributed by atoms with van der Waals surface area (Å²) in [7, 11) is 0. The Labute approximate surface area is 135 Å². The second kappa shape index (κ2) is 6.60. The molecule has 1 saturated heterocycles. The summed E-state index contributed by atoms with van der Waals surface area (Å²) in [5.74, 6) is -0.499. The molecule has 0 bridgehead atoms. The average molecular weight is 342 g/mol. The van der Waals surface area contributed by atoms with E-state index in [0.717, 1.165) is 0 Å². The molecule has 3 rings (SSSR count). The largest absolute Gasteiger partial charge is 0.371 e. The first-order valence-corrected chi connectivity index (χ1v) is 7.93. The average Bonchev–Trinajstić information content (AvgIpc) is 3.13. The molecule has 116 valence electrons. The minimum Gasteiger partial charge on any atom is -0.371 e. The maximum Gasteiger partial charge on any atom is 0.321 e. The molecule has 0 saturated carbocycles. The van der Waals surface area contributed by atoms with Gasteiger partial charge in [0.1, 0.15) is 11.9 Å². The second-order valence-electron chi connectivity index (χ2n) is 4.80. The molecule has 2 N–H and O–H groups in total. The molecule has 0 unspecified atom stereocenters. The topological polar surface area (TPSA) is 63.2 Å². The van der Waals surface area contributed by atoms with Gasteiger partial charge in [0.05, 0.1) is 11.1 Å². The molecule has 22 heavy (non-hydrogen) atoms. The van der Waals surface area contributed by atoms with E-state index >= 15 is 0 Å². The summed E-state index contributed by atoms with van der Waals surface area (Å²) in [6.07, 6.45) is 1.87. The minimum absolute atomic E-state index is 0.0627. The predicted molar refractivity (Wildman–Crippen MR) is 82.8 cm³/mol. The van der Waals surface area contributed by atoms with Crippen LogP contribution in [-0.4, -0.2) is 23.7 Å². The maximum absolute atomic E-state index is 13.6. The third kappa shape index (κ3) is 3.37. The van der Waals surface area contributed by atoms with Crippen LogP contribution >= 0.6 is 22.9 Å². The van der Waals surface area contributed by atoms with Crippen molar-refractivity contribution in [3.05, 3.63) is 46.2 Å². The maximum atomic E-state index is 13.6. The van der Waals surface area contributed by atoms with Crippen molar-refractivity contribution >= 4 is 34.1 Å². The number of hydrogen-bond acceptors (Lipinski definition) is 4. The molecule has 1 fully saturated rings. The van der Waals surface area contributed by atoms with E-state index in [1.165, 1.54) is 23.5 Å². The number of aromatic nitrogens is 1. The number of amides is 2. The summed E-state index contributed by atoms with van der Waals surface area (Å²) < 4.78 is 19.2. The SMILES string of the molecule is O=C(Nc1nccs1)N[C@H]1CCO[C@@H]1c1ccc(Cl)c(F)c1. The molecule has 1 aliphatic rings. The van der Waals surface area contributed by atoms with Crippen LogP contribution in [0.25, 0.3) is 0 Å². The number of nitrogens with zero attached hydrogens (tertiary/aromatic N) is 1. The van der Waals surface area contributed by atoms with Gasteiger partial charge in [-0.2, -0.15) is 0 Å². The van der Waals surface area contributed by atoms with E-state index in [-0.39, 0.29) is 17.1 Å². The van der Waals surface area contributed by atoms with E-state index in [4.69, 9.17) is 16.3 Å². The standard InChI is InChI=1S/C14H13ClFN3O2S/c15-9-2-1-8(7-10(9)16)12-11(3-5-21-12)18-13(20)19-14-17-4-6-22-14/h1-2,4,6-7,11-12H,3,5H2,(H2,17,18,19,20)/t11-,12+/m0/s1. The molecule has 0 spiro atoms. The summed E-state index contributed by atoms with van der Waals surface area (Å²) in [5, 5.41) is 7.84. The van der Waals surface area contributed by atoms with Gasteiger partial charge in [0.15, 0.2) is 5.13 Å². The zero-order chi connectivity index (χ0) is 15.5. The summed E-state index contributed by atoms with van der Waals surface area (Å²) in [4.78, 5) is 15.9. The van der Waals surface area contributed by atoms with E-state index in [0.29, 0.717) is 23.7 Å². The lowest BCUT2D eigenvalue weighted by Gasteiger charge is -2.20. The number of thiazole rings is 1. The van der Waals surface area contributed by atoms with Crippen molar-refractivity contribution in [2.45, 2.75) is 18.6 Å². The Kier molecular flexibility index (Phi) is 4.56. The van der Waals surface area contributed by atoms with E-state index in [1.54, 1.807) is 17.6 Å². The summed E-state index contributed by atoms with van der Waals surface area (Å²) >= 11 is 7.02. The van der Waals surface area contributed by atoms with Crippen molar-refractivity contribution in [2.24, 2.45) is 0 Å². The summed E-state index contributed by atoms with van der Waals surface area (Å²) in [6, 6.07) is 3.94. The molecule has 1 aromatic heterocycles. The third-order valence-electron chi connectivity index (χ3n) is 3.33. The highest BCUT2D eigenvalue weighted by Gasteiger charge is 2.31. The van der Waals surface area contributed by atoms with Crippen LogP contribution in [0.5, 0.6) is 0 Å². The lowest BCUT2D eigenvalue weighted by atomic mass is 10.0. The highest BCUT2D eigenvalue weighted by Crippen LogP contribution is 2.31. The Balaban J connectivity index is 1.67. The molecular weight excluding hydrogens is 329 g/mol. The molecule has 5 nitrogen and oxygen atoms in total. The van der Waals surface area contributed by atoms with Crippen LogP contribution in [0.4, 0.5) is 14.3 Å². The van der Waals surface area contributed by atoms with Gasteiger partial charge in [-0.3, -0.25) is 5.32 Å². The van der Waals surface area contributed by atoms with Crippen LogP contribution in [0.1, 0.15) is 18.1 Å². The summed E-state index contributed by atoms with van der Waals surface area (Å²) in [6.45, 7) is 0.497. The van der Waals surface area contributed by atoms with Gasteiger partial charge in [0.2, 0.25) is 0 Å². The van der Waals surface area contributed by atoms with Crippen molar-refractivity contribution in [1.82, 2.24) is 10.3 Å². The molecule has 2 atom stereocenters. The highest BCUT2D eigenvalue weighted by molar-refractivity contribution is 7.13. The van der Waals surface area contributed by atoms with Gasteiger partial charge in [0, 0.05) is 18.2 Å². The molecule has 1 aliphatic heterocycles.